The van der Waals surface area contributed by atoms with Gasteiger partial charge in [-0.05, 0) is 6.92 Å². The molecule has 1 N–H and O–H groups in total. The molecular weight excluding hydrogens is 160 g/mol. The third kappa shape index (κ3) is 2.79. The van der Waals surface area contributed by atoms with Crippen molar-refractivity contribution in [2.45, 2.75) is 32.0 Å². The Bertz CT molecular complexity index is 149. The molecule has 0 radical (unpaired) electrons. The molecule has 70 valence electrons. The van der Waals surface area contributed by atoms with Crippen LogP contribution in [0.25, 0.3) is 0 Å². The van der Waals surface area contributed by atoms with Gasteiger partial charge in [0.25, 0.3) is 0 Å². The van der Waals surface area contributed by atoms with E-state index in [-0.39, 0.29) is 6.10 Å². The van der Waals surface area contributed by atoms with E-state index in [2.05, 4.69) is 0 Å². The average Bonchev–Trinajstić information content (AvgIpc) is 2.06. The molecule has 1 fully saturated rings. The molecule has 0 bridgehead atoms. The van der Waals surface area contributed by atoms with E-state index in [1.165, 1.54) is 6.92 Å². The maximum absolute atomic E-state index is 10.9. The van der Waals surface area contributed by atoms with Crippen LogP contribution in [0.1, 0.15) is 19.8 Å². The lowest BCUT2D eigenvalue weighted by Gasteiger charge is -2.22. The maximum atomic E-state index is 10.9. The summed E-state index contributed by atoms with van der Waals surface area (Å²) < 4.78 is 10.1. The number of esters is 1. The third-order valence-electron chi connectivity index (χ3n) is 1.79. The highest BCUT2D eigenvalue weighted by Crippen LogP contribution is 2.11. The number of ether oxygens (including phenoxy) is 2. The van der Waals surface area contributed by atoms with Crippen LogP contribution >= 0.6 is 0 Å². The predicted molar refractivity (Wildman–Crippen MR) is 41.6 cm³/mol. The summed E-state index contributed by atoms with van der Waals surface area (Å²) in [6.45, 7) is 2.68. The van der Waals surface area contributed by atoms with Crippen molar-refractivity contribution in [1.29, 1.82) is 0 Å². The van der Waals surface area contributed by atoms with Crippen LogP contribution in [0.2, 0.25) is 0 Å². The van der Waals surface area contributed by atoms with Crippen LogP contribution in [0, 0.1) is 0 Å². The second-order valence-corrected chi connectivity index (χ2v) is 2.92. The van der Waals surface area contributed by atoms with E-state index in [1.54, 1.807) is 0 Å². The average molecular weight is 174 g/mol. The molecule has 0 aromatic carbocycles. The van der Waals surface area contributed by atoms with Gasteiger partial charge >= 0.3 is 5.97 Å². The van der Waals surface area contributed by atoms with Gasteiger partial charge < -0.3 is 14.6 Å². The Labute approximate surface area is 71.5 Å². The molecule has 0 spiro atoms. The number of carbonyl (C=O) groups is 1. The minimum atomic E-state index is -1.02. The van der Waals surface area contributed by atoms with Crippen LogP contribution in [0.3, 0.4) is 0 Å². The molecule has 0 saturated carbocycles. The summed E-state index contributed by atoms with van der Waals surface area (Å²) in [5.74, 6) is -0.540. The summed E-state index contributed by atoms with van der Waals surface area (Å²) in [5.41, 5.74) is 0. The Morgan fingerprint density at radius 2 is 2.17 bits per heavy atom. The van der Waals surface area contributed by atoms with Crippen LogP contribution in [0.15, 0.2) is 0 Å². The Morgan fingerprint density at radius 3 is 2.67 bits per heavy atom. The van der Waals surface area contributed by atoms with E-state index in [9.17, 15) is 4.79 Å². The molecule has 4 nitrogen and oxygen atoms in total. The largest absolute Gasteiger partial charge is 0.460 e. The van der Waals surface area contributed by atoms with Gasteiger partial charge in [-0.25, -0.2) is 4.79 Å². The lowest BCUT2D eigenvalue weighted by molar-refractivity contribution is -0.162. The van der Waals surface area contributed by atoms with Gasteiger partial charge in [-0.2, -0.15) is 0 Å². The monoisotopic (exact) mass is 174 g/mol. The summed E-state index contributed by atoms with van der Waals surface area (Å²) in [6, 6.07) is 0. The van der Waals surface area contributed by atoms with Gasteiger partial charge in [0.15, 0.2) is 0 Å². The first-order chi connectivity index (χ1) is 5.70. The van der Waals surface area contributed by atoms with Gasteiger partial charge in [0.05, 0.1) is 13.2 Å². The Hall–Kier alpha value is -0.610. The van der Waals surface area contributed by atoms with Crippen LogP contribution in [0.5, 0.6) is 0 Å². The number of rotatable bonds is 2. The van der Waals surface area contributed by atoms with Crippen LogP contribution in [-0.4, -0.2) is 36.5 Å². The molecule has 0 amide bonds. The van der Waals surface area contributed by atoms with Crippen molar-refractivity contribution < 1.29 is 19.4 Å². The number of aliphatic hydroxyl groups excluding tert-OH is 1. The van der Waals surface area contributed by atoms with Gasteiger partial charge in [-0.3, -0.25) is 0 Å². The van der Waals surface area contributed by atoms with Gasteiger partial charge in [0, 0.05) is 12.8 Å². The molecule has 1 aliphatic heterocycles. The fraction of sp³-hybridized carbons (Fsp3) is 0.875. The highest BCUT2D eigenvalue weighted by molar-refractivity contribution is 5.73. The van der Waals surface area contributed by atoms with Crippen molar-refractivity contribution in [3.63, 3.8) is 0 Å². The lowest BCUT2D eigenvalue weighted by Crippen LogP contribution is -2.30. The minimum absolute atomic E-state index is 0.0687. The first-order valence-electron chi connectivity index (χ1n) is 4.16. The molecular formula is C8H14O4. The molecule has 12 heavy (non-hydrogen) atoms. The molecule has 0 aliphatic carbocycles. The summed E-state index contributed by atoms with van der Waals surface area (Å²) in [7, 11) is 0. The minimum Gasteiger partial charge on any atom is -0.460 e. The van der Waals surface area contributed by atoms with Gasteiger partial charge in [0.1, 0.15) is 12.2 Å². The first-order valence-corrected chi connectivity index (χ1v) is 4.16. The van der Waals surface area contributed by atoms with Crippen molar-refractivity contribution in [2.75, 3.05) is 13.2 Å². The normalized spacial score (nSPS) is 21.8. The van der Waals surface area contributed by atoms with Crippen molar-refractivity contribution in [1.82, 2.24) is 0 Å². The van der Waals surface area contributed by atoms with Crippen LogP contribution in [-0.2, 0) is 14.3 Å². The summed E-state index contributed by atoms with van der Waals surface area (Å²) in [4.78, 5) is 10.9. The molecule has 1 saturated heterocycles. The maximum Gasteiger partial charge on any atom is 0.334 e. The van der Waals surface area contributed by atoms with Gasteiger partial charge in [0.2, 0.25) is 0 Å². The van der Waals surface area contributed by atoms with Crippen molar-refractivity contribution >= 4 is 5.97 Å². The number of aliphatic hydroxyl groups is 1. The predicted octanol–water partition coefficient (Wildman–Crippen LogP) is 0.0894. The number of hydrogen-bond donors (Lipinski definition) is 1. The topological polar surface area (TPSA) is 55.8 Å². The zero-order chi connectivity index (χ0) is 8.97. The fourth-order valence-corrected chi connectivity index (χ4v) is 1.06. The lowest BCUT2D eigenvalue weighted by atomic mass is 10.1. The van der Waals surface area contributed by atoms with E-state index >= 15 is 0 Å². The molecule has 4 heteroatoms. The quantitative estimate of drug-likeness (QED) is 0.603. The van der Waals surface area contributed by atoms with Crippen molar-refractivity contribution in [3.05, 3.63) is 0 Å². The Morgan fingerprint density at radius 1 is 1.58 bits per heavy atom. The molecule has 0 aromatic rings. The second kappa shape index (κ2) is 4.42. The smallest absolute Gasteiger partial charge is 0.334 e. The third-order valence-corrected chi connectivity index (χ3v) is 1.79. The Balaban J connectivity index is 2.24. The summed E-state index contributed by atoms with van der Waals surface area (Å²) >= 11 is 0. The molecule has 0 aromatic heterocycles. The standard InChI is InChI=1S/C8H14O4/c1-6(9)8(10)12-7-2-4-11-5-3-7/h6-7,9H,2-5H2,1H3/t6-/m1/s1. The molecule has 1 heterocycles. The van der Waals surface area contributed by atoms with E-state index in [4.69, 9.17) is 14.6 Å². The summed E-state index contributed by atoms with van der Waals surface area (Å²) in [6.07, 6.45) is 0.380. The highest BCUT2D eigenvalue weighted by atomic mass is 16.6. The Kier molecular flexibility index (Phi) is 3.49. The van der Waals surface area contributed by atoms with Crippen molar-refractivity contribution in [3.8, 4) is 0 Å². The molecule has 1 rings (SSSR count). The zero-order valence-electron chi connectivity index (χ0n) is 7.16. The highest BCUT2D eigenvalue weighted by Gasteiger charge is 2.20. The number of hydrogen-bond acceptors (Lipinski definition) is 4. The van der Waals surface area contributed by atoms with E-state index in [0.717, 1.165) is 12.8 Å². The SMILES string of the molecule is C[C@@H](O)C(=O)OC1CCOCC1. The number of carbonyl (C=O) groups excluding carboxylic acids is 1. The van der Waals surface area contributed by atoms with Gasteiger partial charge in [-0.1, -0.05) is 0 Å². The summed E-state index contributed by atoms with van der Waals surface area (Å²) in [5, 5.41) is 8.85. The van der Waals surface area contributed by atoms with Crippen LogP contribution < -0.4 is 0 Å². The first kappa shape index (κ1) is 9.48. The van der Waals surface area contributed by atoms with Gasteiger partial charge in [-0.15, -0.1) is 0 Å². The van der Waals surface area contributed by atoms with E-state index in [0.29, 0.717) is 13.2 Å². The zero-order valence-corrected chi connectivity index (χ0v) is 7.16. The van der Waals surface area contributed by atoms with Crippen molar-refractivity contribution in [2.24, 2.45) is 0 Å². The molecule has 1 aliphatic rings. The van der Waals surface area contributed by atoms with E-state index in [1.807, 2.05) is 0 Å². The fourth-order valence-electron chi connectivity index (χ4n) is 1.06. The van der Waals surface area contributed by atoms with Crippen LogP contribution in [0.4, 0.5) is 0 Å². The molecule has 0 unspecified atom stereocenters. The molecule has 1 atom stereocenters. The second-order valence-electron chi connectivity index (χ2n) is 2.92. The van der Waals surface area contributed by atoms with E-state index < -0.39 is 12.1 Å².